The van der Waals surface area contributed by atoms with Crippen LogP contribution >= 0.6 is 0 Å². The van der Waals surface area contributed by atoms with Crippen molar-refractivity contribution in [1.29, 1.82) is 0 Å². The molecule has 2 N–H and O–H groups in total. The van der Waals surface area contributed by atoms with E-state index < -0.39 is 18.0 Å². The van der Waals surface area contributed by atoms with Crippen molar-refractivity contribution in [3.8, 4) is 22.6 Å². The SMILES string of the molecule is COc1ccc(-c2cccc3cnc(Nc4ccc(-n5cnc(C)n5)cc4)nc23)cc1F.O=C(O)C(F)(F)F. The second-order valence-electron chi connectivity index (χ2n) is 8.00. The Hall–Kier alpha value is -5.07. The molecule has 0 saturated heterocycles. The van der Waals surface area contributed by atoms with Gasteiger partial charge in [-0.3, -0.25) is 0 Å². The van der Waals surface area contributed by atoms with Crippen LogP contribution in [0.1, 0.15) is 5.82 Å². The number of hydrogen-bond acceptors (Lipinski definition) is 7. The van der Waals surface area contributed by atoms with Crippen molar-refractivity contribution in [3.63, 3.8) is 0 Å². The number of ether oxygens (including phenoxy) is 1. The van der Waals surface area contributed by atoms with Gasteiger partial charge in [0.2, 0.25) is 5.95 Å². The highest BCUT2D eigenvalue weighted by molar-refractivity contribution is 5.94. The van der Waals surface area contributed by atoms with Crippen molar-refractivity contribution in [2.45, 2.75) is 13.1 Å². The second-order valence-corrected chi connectivity index (χ2v) is 8.00. The summed E-state index contributed by atoms with van der Waals surface area (Å²) < 4.78 is 52.8. The van der Waals surface area contributed by atoms with E-state index in [2.05, 4.69) is 20.4 Å². The molecule has 5 aromatic rings. The molecule has 0 amide bonds. The molecule has 0 aliphatic rings. The molecule has 9 nitrogen and oxygen atoms in total. The minimum Gasteiger partial charge on any atom is -0.494 e. The van der Waals surface area contributed by atoms with Crippen LogP contribution in [0.15, 0.2) is 73.2 Å². The third kappa shape index (κ3) is 6.44. The monoisotopic (exact) mass is 540 g/mol. The van der Waals surface area contributed by atoms with Gasteiger partial charge in [-0.2, -0.15) is 18.3 Å². The summed E-state index contributed by atoms with van der Waals surface area (Å²) >= 11 is 0. The molecular formula is C26H20F4N6O3. The lowest BCUT2D eigenvalue weighted by molar-refractivity contribution is -0.192. The van der Waals surface area contributed by atoms with E-state index in [9.17, 15) is 17.6 Å². The average molecular weight is 540 g/mol. The topological polar surface area (TPSA) is 115 Å². The van der Waals surface area contributed by atoms with Crippen molar-refractivity contribution in [3.05, 3.63) is 84.8 Å². The number of para-hydroxylation sites is 1. The Morgan fingerprint density at radius 3 is 2.36 bits per heavy atom. The number of rotatable bonds is 5. The highest BCUT2D eigenvalue weighted by Crippen LogP contribution is 2.31. The zero-order valence-corrected chi connectivity index (χ0v) is 20.4. The zero-order valence-electron chi connectivity index (χ0n) is 20.4. The van der Waals surface area contributed by atoms with Gasteiger partial charge in [0, 0.05) is 22.8 Å². The fourth-order valence-corrected chi connectivity index (χ4v) is 3.48. The fraction of sp³-hybridized carbons (Fsp3) is 0.115. The van der Waals surface area contributed by atoms with E-state index in [1.54, 1.807) is 23.3 Å². The minimum atomic E-state index is -5.08. The number of carboxylic acid groups (broad SMARTS) is 1. The van der Waals surface area contributed by atoms with Crippen LogP contribution in [0.25, 0.3) is 27.7 Å². The van der Waals surface area contributed by atoms with Gasteiger partial charge in [-0.1, -0.05) is 24.3 Å². The quantitative estimate of drug-likeness (QED) is 0.273. The standard InChI is InChI=1S/C24H19FN6O.C2HF3O2/c1-15-27-14-31(30-15)19-9-7-18(8-10-19)28-24-26-13-17-4-3-5-20(23(17)29-24)16-6-11-22(32-2)21(25)12-16;3-2(4,5)1(6)7/h3-14H,1-2H3,(H,26,28,29);(H,6,7). The zero-order chi connectivity index (χ0) is 28.2. The van der Waals surface area contributed by atoms with Crippen molar-refractivity contribution in [2.75, 3.05) is 12.4 Å². The van der Waals surface area contributed by atoms with Crippen LogP contribution in [-0.4, -0.2) is 49.1 Å². The molecule has 3 aromatic carbocycles. The first-order valence-corrected chi connectivity index (χ1v) is 11.2. The first-order chi connectivity index (χ1) is 18.5. The molecular weight excluding hydrogens is 520 g/mol. The van der Waals surface area contributed by atoms with Crippen LogP contribution in [0, 0.1) is 12.7 Å². The lowest BCUT2D eigenvalue weighted by atomic mass is 10.0. The Bertz CT molecular complexity index is 1620. The highest BCUT2D eigenvalue weighted by atomic mass is 19.4. The normalized spacial score (nSPS) is 11.0. The molecule has 0 radical (unpaired) electrons. The maximum atomic E-state index is 14.3. The van der Waals surface area contributed by atoms with Crippen LogP contribution in [0.4, 0.5) is 29.2 Å². The molecule has 0 bridgehead atoms. The van der Waals surface area contributed by atoms with E-state index in [1.807, 2.05) is 55.5 Å². The van der Waals surface area contributed by atoms with Crippen molar-refractivity contribution in [1.82, 2.24) is 24.7 Å². The van der Waals surface area contributed by atoms with Crippen molar-refractivity contribution in [2.24, 2.45) is 0 Å². The molecule has 5 rings (SSSR count). The molecule has 200 valence electrons. The van der Waals surface area contributed by atoms with E-state index in [1.165, 1.54) is 13.2 Å². The number of halogens is 4. The summed E-state index contributed by atoms with van der Waals surface area (Å²) in [7, 11) is 1.45. The van der Waals surface area contributed by atoms with Crippen LogP contribution in [-0.2, 0) is 4.79 Å². The maximum Gasteiger partial charge on any atom is 0.490 e. The number of carboxylic acids is 1. The van der Waals surface area contributed by atoms with Crippen LogP contribution in [0.3, 0.4) is 0 Å². The van der Waals surface area contributed by atoms with Gasteiger partial charge in [0.15, 0.2) is 11.6 Å². The fourth-order valence-electron chi connectivity index (χ4n) is 3.48. The van der Waals surface area contributed by atoms with Crippen LogP contribution in [0.2, 0.25) is 0 Å². The van der Waals surface area contributed by atoms with Crippen LogP contribution in [0.5, 0.6) is 5.75 Å². The number of methoxy groups -OCH3 is 1. The highest BCUT2D eigenvalue weighted by Gasteiger charge is 2.38. The molecule has 0 saturated carbocycles. The molecule has 0 spiro atoms. The Morgan fingerprint density at radius 2 is 1.77 bits per heavy atom. The van der Waals surface area contributed by atoms with Crippen LogP contribution < -0.4 is 10.1 Å². The minimum absolute atomic E-state index is 0.204. The predicted octanol–water partition coefficient (Wildman–Crippen LogP) is 5.71. The number of aliphatic carboxylic acids is 1. The number of nitrogens with zero attached hydrogens (tertiary/aromatic N) is 5. The van der Waals surface area contributed by atoms with Gasteiger partial charge in [0.05, 0.1) is 18.3 Å². The van der Waals surface area contributed by atoms with E-state index in [4.69, 9.17) is 19.6 Å². The third-order valence-corrected chi connectivity index (χ3v) is 5.31. The number of carbonyl (C=O) groups is 1. The first kappa shape index (κ1) is 27.0. The Kier molecular flexibility index (Phi) is 7.70. The second kappa shape index (κ2) is 11.1. The maximum absolute atomic E-state index is 14.3. The van der Waals surface area contributed by atoms with Gasteiger partial charge >= 0.3 is 12.1 Å². The number of anilines is 2. The largest absolute Gasteiger partial charge is 0.494 e. The Morgan fingerprint density at radius 1 is 1.05 bits per heavy atom. The summed E-state index contributed by atoms with van der Waals surface area (Å²) in [5.74, 6) is -1.81. The van der Waals surface area contributed by atoms with Gasteiger partial charge in [0.25, 0.3) is 0 Å². The number of fused-ring (bicyclic) bond motifs is 1. The van der Waals surface area contributed by atoms with Crippen molar-refractivity contribution < 1.29 is 32.2 Å². The number of alkyl halides is 3. The van der Waals surface area contributed by atoms with Gasteiger partial charge in [-0.05, 0) is 48.9 Å². The summed E-state index contributed by atoms with van der Waals surface area (Å²) in [6.07, 6.45) is -1.66. The first-order valence-electron chi connectivity index (χ1n) is 11.2. The molecule has 39 heavy (non-hydrogen) atoms. The third-order valence-electron chi connectivity index (χ3n) is 5.31. The van der Waals surface area contributed by atoms with E-state index in [0.29, 0.717) is 17.3 Å². The molecule has 2 aromatic heterocycles. The number of benzene rings is 3. The van der Waals surface area contributed by atoms with Gasteiger partial charge in [-0.25, -0.2) is 28.8 Å². The molecule has 0 aliphatic carbocycles. The lowest BCUT2D eigenvalue weighted by Crippen LogP contribution is -2.21. The smallest absolute Gasteiger partial charge is 0.490 e. The van der Waals surface area contributed by atoms with E-state index in [0.717, 1.165) is 27.8 Å². The molecule has 2 heterocycles. The molecule has 13 heteroatoms. The summed E-state index contributed by atoms with van der Waals surface area (Å²) in [5.41, 5.74) is 3.99. The molecule has 0 fully saturated rings. The summed E-state index contributed by atoms with van der Waals surface area (Å²) in [6, 6.07) is 18.3. The van der Waals surface area contributed by atoms with Gasteiger partial charge in [-0.15, -0.1) is 0 Å². The summed E-state index contributed by atoms with van der Waals surface area (Å²) in [5, 5.41) is 15.5. The Labute approximate surface area is 218 Å². The average Bonchev–Trinajstić information content (AvgIpc) is 3.34. The lowest BCUT2D eigenvalue weighted by Gasteiger charge is -2.10. The number of aromatic nitrogens is 5. The number of nitrogens with one attached hydrogen (secondary N) is 1. The Balaban J connectivity index is 0.000000448. The van der Waals surface area contributed by atoms with E-state index >= 15 is 0 Å². The predicted molar refractivity (Wildman–Crippen MR) is 135 cm³/mol. The summed E-state index contributed by atoms with van der Waals surface area (Å²) in [6.45, 7) is 1.85. The number of aryl methyl sites for hydroxylation is 1. The van der Waals surface area contributed by atoms with Crippen molar-refractivity contribution >= 4 is 28.5 Å². The molecule has 0 aliphatic heterocycles. The molecule has 0 atom stereocenters. The molecule has 0 unspecified atom stereocenters. The number of hydrogen-bond donors (Lipinski definition) is 2. The van der Waals surface area contributed by atoms with Gasteiger partial charge < -0.3 is 15.2 Å². The van der Waals surface area contributed by atoms with E-state index in [-0.39, 0.29) is 5.75 Å². The summed E-state index contributed by atoms with van der Waals surface area (Å²) in [4.78, 5) is 22.2. The van der Waals surface area contributed by atoms with Gasteiger partial charge in [0.1, 0.15) is 12.2 Å².